The molecule has 158 valence electrons. The summed E-state index contributed by atoms with van der Waals surface area (Å²) in [6, 6.07) is 14.4. The Morgan fingerprint density at radius 3 is 2.78 bits per heavy atom. The summed E-state index contributed by atoms with van der Waals surface area (Å²) >= 11 is 6.06. The molecule has 32 heavy (non-hydrogen) atoms. The van der Waals surface area contributed by atoms with E-state index >= 15 is 0 Å². The molecule has 7 nitrogen and oxygen atoms in total. The monoisotopic (exact) mass is 442 g/mol. The van der Waals surface area contributed by atoms with Crippen molar-refractivity contribution in [3.63, 3.8) is 0 Å². The first-order chi connectivity index (χ1) is 15.4. The standard InChI is InChI=1S/C24H19ClN6O/c1-14-17(2-3-22(27)31-14)12-30-24(32)16-4-5-28-21(9-16)10-19-7-15(11-26)6-18-8-20(25)13-29-23(18)19/h2-9,13H,10,12H2,1H3,(H2,27,31)(H,30,32). The van der Waals surface area contributed by atoms with Gasteiger partial charge in [-0.05, 0) is 54.4 Å². The van der Waals surface area contributed by atoms with Gasteiger partial charge in [-0.25, -0.2) is 4.98 Å². The number of nitrogens with zero attached hydrogens (tertiary/aromatic N) is 4. The van der Waals surface area contributed by atoms with Crippen molar-refractivity contribution in [3.05, 3.63) is 93.5 Å². The summed E-state index contributed by atoms with van der Waals surface area (Å²) in [5.41, 5.74) is 10.6. The zero-order valence-electron chi connectivity index (χ0n) is 17.3. The molecular formula is C24H19ClN6O. The maximum absolute atomic E-state index is 12.7. The van der Waals surface area contributed by atoms with Gasteiger partial charge in [-0.1, -0.05) is 17.7 Å². The van der Waals surface area contributed by atoms with E-state index in [1.807, 2.05) is 13.0 Å². The van der Waals surface area contributed by atoms with Crippen molar-refractivity contribution in [1.82, 2.24) is 20.3 Å². The van der Waals surface area contributed by atoms with Gasteiger partial charge in [-0.2, -0.15) is 5.26 Å². The number of nitrogen functional groups attached to an aromatic ring is 1. The highest BCUT2D eigenvalue weighted by Crippen LogP contribution is 2.24. The van der Waals surface area contributed by atoms with E-state index in [1.165, 1.54) is 0 Å². The predicted molar refractivity (Wildman–Crippen MR) is 123 cm³/mol. The SMILES string of the molecule is Cc1nc(N)ccc1CNC(=O)c1ccnc(Cc2cc(C#N)cc3cc(Cl)cnc23)c1. The smallest absolute Gasteiger partial charge is 0.251 e. The van der Waals surface area contributed by atoms with Gasteiger partial charge in [0.15, 0.2) is 0 Å². The normalized spacial score (nSPS) is 10.7. The van der Waals surface area contributed by atoms with Crippen LogP contribution in [0.1, 0.15) is 38.4 Å². The molecule has 0 unspecified atom stereocenters. The Balaban J connectivity index is 1.56. The molecular weight excluding hydrogens is 424 g/mol. The second-order valence-corrected chi connectivity index (χ2v) is 7.78. The van der Waals surface area contributed by atoms with E-state index in [-0.39, 0.29) is 5.91 Å². The molecule has 0 saturated carbocycles. The average Bonchev–Trinajstić information content (AvgIpc) is 2.78. The molecule has 0 spiro atoms. The molecule has 0 aliphatic carbocycles. The lowest BCUT2D eigenvalue weighted by atomic mass is 10.0. The van der Waals surface area contributed by atoms with Crippen LogP contribution in [0.5, 0.6) is 0 Å². The fourth-order valence-electron chi connectivity index (χ4n) is 3.48. The third kappa shape index (κ3) is 4.66. The predicted octanol–water partition coefficient (Wildman–Crippen LogP) is 3.96. The number of aryl methyl sites for hydroxylation is 1. The van der Waals surface area contributed by atoms with Crippen molar-refractivity contribution in [1.29, 1.82) is 5.26 Å². The first-order valence-electron chi connectivity index (χ1n) is 9.86. The Bertz CT molecular complexity index is 1380. The van der Waals surface area contributed by atoms with Gasteiger partial charge in [0.1, 0.15) is 5.82 Å². The molecule has 4 aromatic rings. The fourth-order valence-corrected chi connectivity index (χ4v) is 3.65. The Morgan fingerprint density at radius 1 is 1.16 bits per heavy atom. The molecule has 1 aromatic carbocycles. The maximum atomic E-state index is 12.7. The number of nitrogens with one attached hydrogen (secondary N) is 1. The van der Waals surface area contributed by atoms with Crippen molar-refractivity contribution in [2.45, 2.75) is 19.9 Å². The van der Waals surface area contributed by atoms with Gasteiger partial charge < -0.3 is 11.1 Å². The summed E-state index contributed by atoms with van der Waals surface area (Å²) < 4.78 is 0. The molecule has 0 atom stereocenters. The Morgan fingerprint density at radius 2 is 2.00 bits per heavy atom. The van der Waals surface area contributed by atoms with Crippen LogP contribution in [0.4, 0.5) is 5.82 Å². The number of carbonyl (C=O) groups excluding carboxylic acids is 1. The molecule has 8 heteroatoms. The highest BCUT2D eigenvalue weighted by molar-refractivity contribution is 6.31. The van der Waals surface area contributed by atoms with E-state index in [9.17, 15) is 10.1 Å². The molecule has 0 saturated heterocycles. The number of aromatic nitrogens is 3. The van der Waals surface area contributed by atoms with Crippen LogP contribution in [0, 0.1) is 18.3 Å². The topological polar surface area (TPSA) is 118 Å². The number of hydrogen-bond donors (Lipinski definition) is 2. The van der Waals surface area contributed by atoms with Crippen molar-refractivity contribution in [2.75, 3.05) is 5.73 Å². The van der Waals surface area contributed by atoms with Crippen molar-refractivity contribution in [2.24, 2.45) is 0 Å². The Labute approximate surface area is 189 Å². The summed E-state index contributed by atoms with van der Waals surface area (Å²) in [7, 11) is 0. The summed E-state index contributed by atoms with van der Waals surface area (Å²) in [6.07, 6.45) is 3.59. The fraction of sp³-hybridized carbons (Fsp3) is 0.125. The van der Waals surface area contributed by atoms with Gasteiger partial charge in [0.05, 0.1) is 22.2 Å². The van der Waals surface area contributed by atoms with Crippen LogP contribution >= 0.6 is 11.6 Å². The Hall–Kier alpha value is -4.02. The molecule has 0 fully saturated rings. The molecule has 3 N–H and O–H groups in total. The van der Waals surface area contributed by atoms with Crippen molar-refractivity contribution in [3.8, 4) is 6.07 Å². The molecule has 4 rings (SSSR count). The van der Waals surface area contributed by atoms with Crippen LogP contribution in [0.15, 0.2) is 54.9 Å². The van der Waals surface area contributed by atoms with Gasteiger partial charge in [-0.15, -0.1) is 0 Å². The van der Waals surface area contributed by atoms with E-state index in [1.54, 1.807) is 48.8 Å². The maximum Gasteiger partial charge on any atom is 0.251 e. The first kappa shape index (κ1) is 21.2. The van der Waals surface area contributed by atoms with Gasteiger partial charge in [-0.3, -0.25) is 14.8 Å². The van der Waals surface area contributed by atoms with Crippen molar-refractivity contribution >= 4 is 34.2 Å². The lowest BCUT2D eigenvalue weighted by molar-refractivity contribution is 0.0950. The second-order valence-electron chi connectivity index (χ2n) is 7.35. The summed E-state index contributed by atoms with van der Waals surface area (Å²) in [5, 5.41) is 13.6. The van der Waals surface area contributed by atoms with Crippen LogP contribution in [0.2, 0.25) is 5.02 Å². The minimum absolute atomic E-state index is 0.217. The van der Waals surface area contributed by atoms with E-state index in [0.717, 1.165) is 27.7 Å². The number of rotatable bonds is 5. The Kier molecular flexibility index (Phi) is 5.97. The molecule has 1 amide bonds. The highest BCUT2D eigenvalue weighted by Gasteiger charge is 2.12. The van der Waals surface area contributed by atoms with E-state index in [2.05, 4.69) is 26.3 Å². The minimum atomic E-state index is -0.217. The zero-order valence-corrected chi connectivity index (χ0v) is 18.0. The number of halogens is 1. The minimum Gasteiger partial charge on any atom is -0.384 e. The van der Waals surface area contributed by atoms with E-state index in [0.29, 0.717) is 40.6 Å². The van der Waals surface area contributed by atoms with Crippen LogP contribution in [-0.2, 0) is 13.0 Å². The molecule has 0 aliphatic rings. The largest absolute Gasteiger partial charge is 0.384 e. The van der Waals surface area contributed by atoms with E-state index in [4.69, 9.17) is 17.3 Å². The molecule has 3 heterocycles. The lowest BCUT2D eigenvalue weighted by Gasteiger charge is -2.10. The summed E-state index contributed by atoms with van der Waals surface area (Å²) in [5.74, 6) is 0.228. The molecule has 3 aromatic heterocycles. The van der Waals surface area contributed by atoms with Crippen LogP contribution in [0.3, 0.4) is 0 Å². The number of nitrogens with two attached hydrogens (primary N) is 1. The third-order valence-corrected chi connectivity index (χ3v) is 5.27. The molecule has 0 radical (unpaired) electrons. The number of fused-ring (bicyclic) bond motifs is 1. The van der Waals surface area contributed by atoms with Gasteiger partial charge in [0.25, 0.3) is 5.91 Å². The summed E-state index contributed by atoms with van der Waals surface area (Å²) in [4.78, 5) is 25.7. The number of carbonyl (C=O) groups is 1. The van der Waals surface area contributed by atoms with Gasteiger partial charge in [0, 0.05) is 47.7 Å². The van der Waals surface area contributed by atoms with Gasteiger partial charge in [0.2, 0.25) is 0 Å². The van der Waals surface area contributed by atoms with Crippen LogP contribution in [0.25, 0.3) is 10.9 Å². The summed E-state index contributed by atoms with van der Waals surface area (Å²) in [6.45, 7) is 2.19. The van der Waals surface area contributed by atoms with Gasteiger partial charge >= 0.3 is 0 Å². The van der Waals surface area contributed by atoms with Crippen LogP contribution in [-0.4, -0.2) is 20.9 Å². The van der Waals surface area contributed by atoms with Crippen LogP contribution < -0.4 is 11.1 Å². The highest BCUT2D eigenvalue weighted by atomic mass is 35.5. The zero-order chi connectivity index (χ0) is 22.7. The van der Waals surface area contributed by atoms with E-state index < -0.39 is 0 Å². The average molecular weight is 443 g/mol. The number of benzene rings is 1. The number of nitriles is 1. The molecule has 0 aliphatic heterocycles. The quantitative estimate of drug-likeness (QED) is 0.483. The number of amides is 1. The number of hydrogen-bond acceptors (Lipinski definition) is 6. The lowest BCUT2D eigenvalue weighted by Crippen LogP contribution is -2.23. The first-order valence-corrected chi connectivity index (χ1v) is 10.2. The third-order valence-electron chi connectivity index (χ3n) is 5.06. The molecule has 0 bridgehead atoms. The van der Waals surface area contributed by atoms with Crippen molar-refractivity contribution < 1.29 is 4.79 Å². The second kappa shape index (κ2) is 9.00. The number of anilines is 1. The number of pyridine rings is 3.